The Morgan fingerprint density at radius 2 is 1.79 bits per heavy atom. The minimum Gasteiger partial charge on any atom is -0.393 e. The zero-order chi connectivity index (χ0) is 21.0. The zero-order valence-electron chi connectivity index (χ0n) is 19.7. The van der Waals surface area contributed by atoms with E-state index >= 15 is 0 Å². The van der Waals surface area contributed by atoms with Gasteiger partial charge in [-0.15, -0.1) is 0 Å². The lowest BCUT2D eigenvalue weighted by molar-refractivity contribution is -0.108. The van der Waals surface area contributed by atoms with E-state index in [4.69, 9.17) is 0 Å². The third kappa shape index (κ3) is 3.55. The zero-order valence-corrected chi connectivity index (χ0v) is 19.7. The number of aliphatic hydroxyl groups is 2. The Labute approximate surface area is 179 Å². The molecule has 9 atom stereocenters. The molecule has 3 fully saturated rings. The molecular weight excluding hydrogens is 356 g/mol. The minimum atomic E-state index is -0.373. The van der Waals surface area contributed by atoms with Gasteiger partial charge >= 0.3 is 0 Å². The molecule has 0 heterocycles. The highest BCUT2D eigenvalue weighted by Gasteiger charge is 2.60. The Morgan fingerprint density at radius 1 is 1.03 bits per heavy atom. The van der Waals surface area contributed by atoms with Crippen LogP contribution in [0.2, 0.25) is 0 Å². The van der Waals surface area contributed by atoms with Crippen molar-refractivity contribution in [3.8, 4) is 0 Å². The summed E-state index contributed by atoms with van der Waals surface area (Å²) in [5, 5.41) is 21.3. The smallest absolute Gasteiger partial charge is 0.0658 e. The largest absolute Gasteiger partial charge is 0.393 e. The molecule has 0 aromatic rings. The molecule has 4 aliphatic rings. The van der Waals surface area contributed by atoms with E-state index in [-0.39, 0.29) is 17.6 Å². The molecule has 0 amide bonds. The first-order chi connectivity index (χ1) is 13.7. The van der Waals surface area contributed by atoms with E-state index in [1.54, 1.807) is 0 Å². The number of fused-ring (bicyclic) bond motifs is 5. The van der Waals surface area contributed by atoms with Gasteiger partial charge in [0.2, 0.25) is 0 Å². The van der Waals surface area contributed by atoms with Gasteiger partial charge in [0.1, 0.15) is 0 Å². The molecule has 0 spiro atoms. The van der Waals surface area contributed by atoms with E-state index in [1.165, 1.54) is 56.9 Å². The SMILES string of the molecule is CC(C)CCC[C@H](C)[C@H]1CC[C@H]2[C@@H]3CC=C4C[C@@H](O)CC(O)[C@]4(C)[C@H]3CC[C@]12C. The topological polar surface area (TPSA) is 40.5 Å². The Hall–Kier alpha value is -0.340. The van der Waals surface area contributed by atoms with Crippen LogP contribution in [0.5, 0.6) is 0 Å². The van der Waals surface area contributed by atoms with E-state index in [0.29, 0.717) is 17.8 Å². The second-order valence-corrected chi connectivity index (χ2v) is 12.3. The van der Waals surface area contributed by atoms with Gasteiger partial charge in [0.05, 0.1) is 12.2 Å². The Kier molecular flexibility index (Phi) is 6.01. The first-order valence-corrected chi connectivity index (χ1v) is 12.7. The second kappa shape index (κ2) is 7.97. The molecule has 1 unspecified atom stereocenters. The molecule has 4 rings (SSSR count). The molecule has 166 valence electrons. The van der Waals surface area contributed by atoms with Crippen LogP contribution in [-0.2, 0) is 0 Å². The Balaban J connectivity index is 1.52. The van der Waals surface area contributed by atoms with E-state index in [2.05, 4.69) is 40.7 Å². The average molecular weight is 403 g/mol. The van der Waals surface area contributed by atoms with E-state index in [9.17, 15) is 10.2 Å². The van der Waals surface area contributed by atoms with Crippen molar-refractivity contribution >= 4 is 0 Å². The molecule has 0 aliphatic heterocycles. The van der Waals surface area contributed by atoms with Crippen LogP contribution in [-0.4, -0.2) is 22.4 Å². The lowest BCUT2D eigenvalue weighted by Gasteiger charge is -2.59. The molecule has 0 radical (unpaired) electrons. The van der Waals surface area contributed by atoms with Crippen molar-refractivity contribution in [1.82, 2.24) is 0 Å². The van der Waals surface area contributed by atoms with Crippen molar-refractivity contribution in [1.29, 1.82) is 0 Å². The van der Waals surface area contributed by atoms with Gasteiger partial charge in [0.25, 0.3) is 0 Å². The van der Waals surface area contributed by atoms with Gasteiger partial charge in [-0.2, -0.15) is 0 Å². The van der Waals surface area contributed by atoms with Gasteiger partial charge in [-0.25, -0.2) is 0 Å². The first kappa shape index (κ1) is 21.9. The standard InChI is InChI=1S/C27H46O2/c1-17(2)7-6-8-18(3)22-11-12-23-21-10-9-19-15-20(28)16-25(29)27(19,5)24(21)13-14-26(22,23)4/h9,17-18,20-25,28-29H,6-8,10-16H2,1-5H3/t18-,20+,21-,22+,23-,24-,25?,26+,27-/m0/s1. The van der Waals surface area contributed by atoms with Crippen molar-refractivity contribution in [2.45, 2.75) is 111 Å². The summed E-state index contributed by atoms with van der Waals surface area (Å²) in [5.74, 6) is 4.73. The van der Waals surface area contributed by atoms with Crippen LogP contribution in [0, 0.1) is 46.3 Å². The van der Waals surface area contributed by atoms with Gasteiger partial charge in [0.15, 0.2) is 0 Å². The average Bonchev–Trinajstić information content (AvgIpc) is 3.00. The van der Waals surface area contributed by atoms with Crippen LogP contribution >= 0.6 is 0 Å². The predicted octanol–water partition coefficient (Wildman–Crippen LogP) is 6.36. The van der Waals surface area contributed by atoms with Crippen molar-refractivity contribution < 1.29 is 10.2 Å². The molecule has 0 saturated heterocycles. The maximum absolute atomic E-state index is 11.1. The summed E-state index contributed by atoms with van der Waals surface area (Å²) in [6.07, 6.45) is 13.8. The fourth-order valence-electron chi connectivity index (χ4n) is 8.73. The normalized spacial score (nSPS) is 47.9. The third-order valence-electron chi connectivity index (χ3n) is 10.4. The summed E-state index contributed by atoms with van der Waals surface area (Å²) >= 11 is 0. The van der Waals surface area contributed by atoms with Gasteiger partial charge < -0.3 is 10.2 Å². The van der Waals surface area contributed by atoms with Crippen LogP contribution in [0.1, 0.15) is 98.8 Å². The van der Waals surface area contributed by atoms with Crippen LogP contribution in [0.15, 0.2) is 11.6 Å². The Morgan fingerprint density at radius 3 is 2.52 bits per heavy atom. The number of hydrogen-bond acceptors (Lipinski definition) is 2. The van der Waals surface area contributed by atoms with Crippen molar-refractivity contribution in [3.63, 3.8) is 0 Å². The molecule has 3 saturated carbocycles. The summed E-state index contributed by atoms with van der Waals surface area (Å²) in [4.78, 5) is 0. The molecule has 0 bridgehead atoms. The van der Waals surface area contributed by atoms with Gasteiger partial charge in [-0.1, -0.05) is 65.5 Å². The molecule has 29 heavy (non-hydrogen) atoms. The molecular formula is C27H46O2. The number of rotatable bonds is 5. The van der Waals surface area contributed by atoms with Crippen molar-refractivity contribution in [2.75, 3.05) is 0 Å². The molecule has 0 aromatic heterocycles. The van der Waals surface area contributed by atoms with Crippen LogP contribution in [0.4, 0.5) is 0 Å². The molecule has 4 aliphatic carbocycles. The highest BCUT2D eigenvalue weighted by atomic mass is 16.3. The summed E-state index contributed by atoms with van der Waals surface area (Å²) in [6.45, 7) is 12.2. The fraction of sp³-hybridized carbons (Fsp3) is 0.926. The summed E-state index contributed by atoms with van der Waals surface area (Å²) in [7, 11) is 0. The van der Waals surface area contributed by atoms with Crippen molar-refractivity contribution in [3.05, 3.63) is 11.6 Å². The summed E-state index contributed by atoms with van der Waals surface area (Å²) in [6, 6.07) is 0. The van der Waals surface area contributed by atoms with Crippen LogP contribution in [0.3, 0.4) is 0 Å². The minimum absolute atomic E-state index is 0.0928. The quantitative estimate of drug-likeness (QED) is 0.525. The summed E-state index contributed by atoms with van der Waals surface area (Å²) < 4.78 is 0. The molecule has 0 aromatic carbocycles. The molecule has 2 nitrogen and oxygen atoms in total. The van der Waals surface area contributed by atoms with Crippen LogP contribution < -0.4 is 0 Å². The summed E-state index contributed by atoms with van der Waals surface area (Å²) in [5.41, 5.74) is 1.77. The number of aliphatic hydroxyl groups excluding tert-OH is 2. The Bertz CT molecular complexity index is 624. The highest BCUT2D eigenvalue weighted by molar-refractivity contribution is 5.27. The second-order valence-electron chi connectivity index (χ2n) is 12.3. The van der Waals surface area contributed by atoms with Gasteiger partial charge in [-0.3, -0.25) is 0 Å². The first-order valence-electron chi connectivity index (χ1n) is 12.7. The van der Waals surface area contributed by atoms with Crippen LogP contribution in [0.25, 0.3) is 0 Å². The van der Waals surface area contributed by atoms with Gasteiger partial charge in [-0.05, 0) is 79.4 Å². The van der Waals surface area contributed by atoms with E-state index < -0.39 is 0 Å². The fourth-order valence-corrected chi connectivity index (χ4v) is 8.73. The monoisotopic (exact) mass is 402 g/mol. The van der Waals surface area contributed by atoms with E-state index in [1.807, 2.05) is 0 Å². The number of hydrogen-bond donors (Lipinski definition) is 2. The molecule has 2 N–H and O–H groups in total. The van der Waals surface area contributed by atoms with Crippen molar-refractivity contribution in [2.24, 2.45) is 46.3 Å². The van der Waals surface area contributed by atoms with Gasteiger partial charge in [0, 0.05) is 11.8 Å². The molecule has 2 heteroatoms. The maximum atomic E-state index is 11.1. The predicted molar refractivity (Wildman–Crippen MR) is 120 cm³/mol. The van der Waals surface area contributed by atoms with E-state index in [0.717, 1.165) is 36.0 Å². The lowest BCUT2D eigenvalue weighted by Crippen LogP contribution is -2.55. The lowest BCUT2D eigenvalue weighted by atomic mass is 9.46. The maximum Gasteiger partial charge on any atom is 0.0658 e. The third-order valence-corrected chi connectivity index (χ3v) is 10.4. The number of allylic oxidation sites excluding steroid dienone is 1. The highest BCUT2D eigenvalue weighted by Crippen LogP contribution is 2.67.